The van der Waals surface area contributed by atoms with E-state index in [1.807, 2.05) is 18.0 Å². The molecule has 3 saturated heterocycles. The number of carbonyl (C=O) groups excluding carboxylic acids is 1. The molecule has 1 atom stereocenters. The molecule has 3 aliphatic heterocycles. The van der Waals surface area contributed by atoms with E-state index >= 15 is 0 Å². The fourth-order valence-electron chi connectivity index (χ4n) is 4.82. The predicted octanol–water partition coefficient (Wildman–Crippen LogP) is 1.25. The Morgan fingerprint density at radius 1 is 1.19 bits per heavy atom. The summed E-state index contributed by atoms with van der Waals surface area (Å²) < 4.78 is 5.39. The molecule has 1 aromatic rings. The second kappa shape index (κ2) is 8.71. The van der Waals surface area contributed by atoms with Crippen molar-refractivity contribution in [2.45, 2.75) is 45.2 Å². The van der Waals surface area contributed by atoms with Crippen molar-refractivity contribution in [2.24, 2.45) is 5.92 Å². The molecule has 0 spiro atoms. The Balaban J connectivity index is 1.26. The zero-order valence-corrected chi connectivity index (χ0v) is 16.5. The minimum atomic E-state index is 0.183. The van der Waals surface area contributed by atoms with Gasteiger partial charge in [-0.2, -0.15) is 0 Å². The van der Waals surface area contributed by atoms with Crippen molar-refractivity contribution < 1.29 is 9.53 Å². The van der Waals surface area contributed by atoms with Gasteiger partial charge in [0.25, 0.3) is 0 Å². The lowest BCUT2D eigenvalue weighted by Crippen LogP contribution is -2.52. The van der Waals surface area contributed by atoms with Crippen molar-refractivity contribution in [3.8, 4) is 0 Å². The fourth-order valence-corrected chi connectivity index (χ4v) is 4.82. The molecular formula is C20H33N5O2. The minimum Gasteiger partial charge on any atom is -0.378 e. The molecule has 0 unspecified atom stereocenters. The Bertz CT molecular complexity index is 620. The molecule has 0 bridgehead atoms. The van der Waals surface area contributed by atoms with Crippen molar-refractivity contribution in [1.29, 1.82) is 0 Å². The van der Waals surface area contributed by atoms with E-state index in [0.717, 1.165) is 64.5 Å². The standard InChI is InChI=1S/C20H33N5O2/c1-16-21-13-18(22-16)15-23-7-4-19(5-8-23)25-6-2-3-17(14-25)20(26)24-9-11-27-12-10-24/h13,17,19H,2-12,14-15H2,1H3,(H,21,22)/t17-/m1/s1. The summed E-state index contributed by atoms with van der Waals surface area (Å²) in [5.41, 5.74) is 1.21. The number of piperidine rings is 2. The van der Waals surface area contributed by atoms with E-state index < -0.39 is 0 Å². The highest BCUT2D eigenvalue weighted by Gasteiger charge is 2.33. The molecule has 0 aromatic carbocycles. The minimum absolute atomic E-state index is 0.183. The highest BCUT2D eigenvalue weighted by Crippen LogP contribution is 2.25. The first-order valence-corrected chi connectivity index (χ1v) is 10.5. The van der Waals surface area contributed by atoms with Crippen LogP contribution in [0.1, 0.15) is 37.2 Å². The van der Waals surface area contributed by atoms with Gasteiger partial charge in [0.05, 0.1) is 19.1 Å². The van der Waals surface area contributed by atoms with Gasteiger partial charge in [-0.05, 0) is 39.2 Å². The van der Waals surface area contributed by atoms with E-state index in [4.69, 9.17) is 4.74 Å². The van der Waals surface area contributed by atoms with Gasteiger partial charge in [0, 0.05) is 57.2 Å². The SMILES string of the molecule is Cc1ncc(CN2CCC(N3CCC[C@@H](C(=O)N4CCOCC4)C3)CC2)[nH]1. The van der Waals surface area contributed by atoms with Crippen LogP contribution in [-0.2, 0) is 16.1 Å². The summed E-state index contributed by atoms with van der Waals surface area (Å²) in [5, 5.41) is 0. The number of imidazole rings is 1. The maximum absolute atomic E-state index is 12.9. The number of carbonyl (C=O) groups is 1. The van der Waals surface area contributed by atoms with Crippen LogP contribution in [0.3, 0.4) is 0 Å². The van der Waals surface area contributed by atoms with E-state index in [1.165, 1.54) is 18.5 Å². The van der Waals surface area contributed by atoms with Gasteiger partial charge in [-0.15, -0.1) is 0 Å². The molecule has 150 valence electrons. The lowest BCUT2D eigenvalue weighted by molar-refractivity contribution is -0.142. The summed E-state index contributed by atoms with van der Waals surface area (Å²) in [5.74, 6) is 1.53. The predicted molar refractivity (Wildman–Crippen MR) is 103 cm³/mol. The van der Waals surface area contributed by atoms with E-state index in [9.17, 15) is 4.79 Å². The maximum Gasteiger partial charge on any atom is 0.227 e. The molecule has 1 aromatic heterocycles. The number of likely N-dealkylation sites (tertiary alicyclic amines) is 2. The van der Waals surface area contributed by atoms with Gasteiger partial charge in [0.1, 0.15) is 5.82 Å². The van der Waals surface area contributed by atoms with E-state index in [2.05, 4.69) is 19.8 Å². The highest BCUT2D eigenvalue weighted by molar-refractivity contribution is 5.79. The van der Waals surface area contributed by atoms with Crippen LogP contribution < -0.4 is 0 Å². The van der Waals surface area contributed by atoms with Gasteiger partial charge in [-0.3, -0.25) is 14.6 Å². The van der Waals surface area contributed by atoms with Crippen LogP contribution >= 0.6 is 0 Å². The molecule has 0 aliphatic carbocycles. The Labute approximate surface area is 162 Å². The lowest BCUT2D eigenvalue weighted by atomic mass is 9.92. The fraction of sp³-hybridized carbons (Fsp3) is 0.800. The van der Waals surface area contributed by atoms with Gasteiger partial charge in [-0.25, -0.2) is 4.98 Å². The van der Waals surface area contributed by atoms with Gasteiger partial charge in [-0.1, -0.05) is 0 Å². The molecule has 7 heteroatoms. The number of aromatic amines is 1. The number of nitrogens with zero attached hydrogens (tertiary/aromatic N) is 4. The average molecular weight is 376 g/mol. The third kappa shape index (κ3) is 4.70. The Kier molecular flexibility index (Phi) is 6.10. The van der Waals surface area contributed by atoms with Crippen molar-refractivity contribution in [1.82, 2.24) is 24.7 Å². The first kappa shape index (κ1) is 18.9. The topological polar surface area (TPSA) is 64.7 Å². The molecule has 3 aliphatic rings. The number of aryl methyl sites for hydroxylation is 1. The number of ether oxygens (including phenoxy) is 1. The van der Waals surface area contributed by atoms with Crippen LogP contribution in [0.15, 0.2) is 6.20 Å². The van der Waals surface area contributed by atoms with Crippen LogP contribution in [0.2, 0.25) is 0 Å². The Hall–Kier alpha value is -1.44. The second-order valence-electron chi connectivity index (χ2n) is 8.27. The normalized spacial score (nSPS) is 26.4. The number of H-pyrrole nitrogens is 1. The first-order chi connectivity index (χ1) is 13.2. The second-order valence-corrected chi connectivity index (χ2v) is 8.27. The number of hydrogen-bond acceptors (Lipinski definition) is 5. The Morgan fingerprint density at radius 2 is 1.96 bits per heavy atom. The lowest BCUT2D eigenvalue weighted by Gasteiger charge is -2.43. The van der Waals surface area contributed by atoms with Crippen LogP contribution in [0.5, 0.6) is 0 Å². The zero-order valence-electron chi connectivity index (χ0n) is 16.5. The zero-order chi connectivity index (χ0) is 18.6. The van der Waals surface area contributed by atoms with E-state index in [-0.39, 0.29) is 5.92 Å². The molecule has 1 N–H and O–H groups in total. The summed E-state index contributed by atoms with van der Waals surface area (Å²) in [7, 11) is 0. The summed E-state index contributed by atoms with van der Waals surface area (Å²) in [6.45, 7) is 10.2. The molecule has 1 amide bonds. The highest BCUT2D eigenvalue weighted by atomic mass is 16.5. The van der Waals surface area contributed by atoms with Crippen LogP contribution in [-0.4, -0.2) is 89.1 Å². The van der Waals surface area contributed by atoms with Gasteiger partial charge in [0.15, 0.2) is 0 Å². The molecule has 0 radical (unpaired) electrons. The van der Waals surface area contributed by atoms with E-state index in [0.29, 0.717) is 25.2 Å². The van der Waals surface area contributed by atoms with Gasteiger partial charge < -0.3 is 14.6 Å². The number of rotatable bonds is 4. The maximum atomic E-state index is 12.9. The number of nitrogens with one attached hydrogen (secondary N) is 1. The van der Waals surface area contributed by atoms with E-state index in [1.54, 1.807) is 0 Å². The quantitative estimate of drug-likeness (QED) is 0.858. The summed E-state index contributed by atoms with van der Waals surface area (Å²) in [6, 6.07) is 0.630. The molecule has 3 fully saturated rings. The van der Waals surface area contributed by atoms with Crippen LogP contribution in [0.25, 0.3) is 0 Å². The summed E-state index contributed by atoms with van der Waals surface area (Å²) >= 11 is 0. The average Bonchev–Trinajstić information content (AvgIpc) is 3.13. The van der Waals surface area contributed by atoms with Gasteiger partial charge >= 0.3 is 0 Å². The molecule has 4 heterocycles. The molecule has 7 nitrogen and oxygen atoms in total. The number of amides is 1. The summed E-state index contributed by atoms with van der Waals surface area (Å²) in [6.07, 6.45) is 6.55. The van der Waals surface area contributed by atoms with Crippen molar-refractivity contribution in [3.63, 3.8) is 0 Å². The van der Waals surface area contributed by atoms with Crippen LogP contribution in [0.4, 0.5) is 0 Å². The molecular weight excluding hydrogens is 342 g/mol. The number of hydrogen-bond donors (Lipinski definition) is 1. The van der Waals surface area contributed by atoms with Crippen molar-refractivity contribution >= 4 is 5.91 Å². The monoisotopic (exact) mass is 375 g/mol. The third-order valence-corrected chi connectivity index (χ3v) is 6.35. The third-order valence-electron chi connectivity index (χ3n) is 6.35. The first-order valence-electron chi connectivity index (χ1n) is 10.5. The molecule has 0 saturated carbocycles. The molecule has 4 rings (SSSR count). The van der Waals surface area contributed by atoms with Crippen molar-refractivity contribution in [3.05, 3.63) is 17.7 Å². The van der Waals surface area contributed by atoms with Crippen LogP contribution in [0, 0.1) is 12.8 Å². The van der Waals surface area contributed by atoms with Crippen molar-refractivity contribution in [2.75, 3.05) is 52.5 Å². The largest absolute Gasteiger partial charge is 0.378 e. The smallest absolute Gasteiger partial charge is 0.227 e. The van der Waals surface area contributed by atoms with Gasteiger partial charge in [0.2, 0.25) is 5.91 Å². The number of morpholine rings is 1. The Morgan fingerprint density at radius 3 is 2.67 bits per heavy atom. The molecule has 27 heavy (non-hydrogen) atoms. The summed E-state index contributed by atoms with van der Waals surface area (Å²) in [4.78, 5) is 27.6. The number of aromatic nitrogens is 2.